The van der Waals surface area contributed by atoms with Crippen molar-refractivity contribution in [2.45, 2.75) is 25.3 Å². The number of aromatic nitrogens is 2. The Balaban J connectivity index is 0.00000121. The van der Waals surface area contributed by atoms with Crippen molar-refractivity contribution < 1.29 is 4.79 Å². The number of amides is 1. The molecule has 1 amide bonds. The normalized spacial score (nSPS) is 21.0. The molecule has 124 valence electrons. The van der Waals surface area contributed by atoms with E-state index in [1.165, 1.54) is 6.42 Å². The van der Waals surface area contributed by atoms with E-state index in [2.05, 4.69) is 20.4 Å². The fraction of sp³-hybridized carbons (Fsp3) is 0.643. The van der Waals surface area contributed by atoms with Crippen LogP contribution in [0.2, 0.25) is 0 Å². The average Bonchev–Trinajstić information content (AvgIpc) is 3.01. The standard InChI is InChI=1S/C14H21N5O.2ClH/c20-14(11-12-3-1-5-15-12)19-9-7-18(8-10-19)13-4-2-6-16-17-13;;/h2,4,6,12,15H,1,3,5,7-11H2;2*1H. The number of hydrogen-bond acceptors (Lipinski definition) is 5. The molecular formula is C14H23Cl2N5O. The number of carbonyl (C=O) groups excluding carboxylic acids is 1. The zero-order valence-electron chi connectivity index (χ0n) is 12.5. The molecule has 2 fully saturated rings. The topological polar surface area (TPSA) is 61.4 Å². The highest BCUT2D eigenvalue weighted by Crippen LogP contribution is 2.14. The van der Waals surface area contributed by atoms with Crippen LogP contribution >= 0.6 is 24.8 Å². The Labute approximate surface area is 143 Å². The fourth-order valence-electron chi connectivity index (χ4n) is 2.92. The molecule has 8 heteroatoms. The number of nitrogens with zero attached hydrogens (tertiary/aromatic N) is 4. The summed E-state index contributed by atoms with van der Waals surface area (Å²) in [5.41, 5.74) is 0. The summed E-state index contributed by atoms with van der Waals surface area (Å²) >= 11 is 0. The van der Waals surface area contributed by atoms with E-state index in [9.17, 15) is 4.79 Å². The van der Waals surface area contributed by atoms with Gasteiger partial charge in [-0.2, -0.15) is 5.10 Å². The summed E-state index contributed by atoms with van der Waals surface area (Å²) in [6.45, 7) is 4.29. The second kappa shape index (κ2) is 9.12. The van der Waals surface area contributed by atoms with Crippen LogP contribution in [0.3, 0.4) is 0 Å². The molecule has 22 heavy (non-hydrogen) atoms. The van der Waals surface area contributed by atoms with Crippen LogP contribution in [0.5, 0.6) is 0 Å². The smallest absolute Gasteiger partial charge is 0.224 e. The molecule has 0 saturated carbocycles. The number of anilines is 1. The van der Waals surface area contributed by atoms with Crippen LogP contribution in [0.15, 0.2) is 18.3 Å². The number of nitrogens with one attached hydrogen (secondary N) is 1. The monoisotopic (exact) mass is 347 g/mol. The van der Waals surface area contributed by atoms with E-state index in [1.54, 1.807) is 6.20 Å². The molecule has 3 rings (SSSR count). The van der Waals surface area contributed by atoms with Crippen molar-refractivity contribution >= 4 is 36.5 Å². The molecule has 2 aliphatic rings. The van der Waals surface area contributed by atoms with Gasteiger partial charge in [0.15, 0.2) is 5.82 Å². The van der Waals surface area contributed by atoms with Crippen LogP contribution in [0.1, 0.15) is 19.3 Å². The quantitative estimate of drug-likeness (QED) is 0.887. The molecule has 0 bridgehead atoms. The molecule has 1 aromatic heterocycles. The first kappa shape index (κ1) is 18.9. The Hall–Kier alpha value is -1.11. The van der Waals surface area contributed by atoms with Crippen molar-refractivity contribution in [2.24, 2.45) is 0 Å². The highest BCUT2D eigenvalue weighted by atomic mass is 35.5. The van der Waals surface area contributed by atoms with Gasteiger partial charge in [0.25, 0.3) is 0 Å². The van der Waals surface area contributed by atoms with Crippen LogP contribution in [-0.2, 0) is 4.79 Å². The van der Waals surface area contributed by atoms with E-state index in [-0.39, 0.29) is 30.7 Å². The minimum absolute atomic E-state index is 0. The van der Waals surface area contributed by atoms with Gasteiger partial charge in [-0.25, -0.2) is 0 Å². The first-order valence-corrected chi connectivity index (χ1v) is 7.37. The van der Waals surface area contributed by atoms with Gasteiger partial charge in [-0.05, 0) is 31.5 Å². The van der Waals surface area contributed by atoms with Crippen LogP contribution in [-0.4, -0.2) is 59.8 Å². The summed E-state index contributed by atoms with van der Waals surface area (Å²) in [6, 6.07) is 4.25. The summed E-state index contributed by atoms with van der Waals surface area (Å²) in [5.74, 6) is 1.18. The predicted molar refractivity (Wildman–Crippen MR) is 91.0 cm³/mol. The maximum Gasteiger partial charge on any atom is 0.224 e. The molecule has 1 aromatic rings. The third kappa shape index (κ3) is 4.69. The molecule has 1 N–H and O–H groups in total. The number of hydrogen-bond donors (Lipinski definition) is 1. The SMILES string of the molecule is Cl.Cl.O=C(CC1CCCN1)N1CCN(c2cccnn2)CC1. The average molecular weight is 348 g/mol. The summed E-state index contributed by atoms with van der Waals surface area (Å²) in [6.07, 6.45) is 4.65. The van der Waals surface area contributed by atoms with Gasteiger partial charge in [-0.3, -0.25) is 4.79 Å². The van der Waals surface area contributed by atoms with Crippen LogP contribution < -0.4 is 10.2 Å². The molecule has 1 atom stereocenters. The predicted octanol–water partition coefficient (Wildman–Crippen LogP) is 1.11. The summed E-state index contributed by atoms with van der Waals surface area (Å²) in [4.78, 5) is 16.4. The van der Waals surface area contributed by atoms with Crippen molar-refractivity contribution in [1.29, 1.82) is 0 Å². The largest absolute Gasteiger partial charge is 0.352 e. The number of halogens is 2. The van der Waals surface area contributed by atoms with Crippen LogP contribution in [0.4, 0.5) is 5.82 Å². The third-order valence-electron chi connectivity index (χ3n) is 4.10. The molecule has 6 nitrogen and oxygen atoms in total. The summed E-state index contributed by atoms with van der Waals surface area (Å²) in [7, 11) is 0. The lowest BCUT2D eigenvalue weighted by molar-refractivity contribution is -0.131. The lowest BCUT2D eigenvalue weighted by Crippen LogP contribution is -2.50. The van der Waals surface area contributed by atoms with Gasteiger partial charge in [-0.15, -0.1) is 29.9 Å². The second-order valence-corrected chi connectivity index (χ2v) is 5.45. The lowest BCUT2D eigenvalue weighted by Gasteiger charge is -2.35. The minimum atomic E-state index is 0. The Morgan fingerprint density at radius 2 is 2.05 bits per heavy atom. The Morgan fingerprint density at radius 1 is 1.27 bits per heavy atom. The van der Waals surface area contributed by atoms with Gasteiger partial charge in [0.2, 0.25) is 5.91 Å². The molecule has 0 radical (unpaired) electrons. The molecule has 0 aliphatic carbocycles. The highest BCUT2D eigenvalue weighted by molar-refractivity contribution is 5.85. The molecule has 0 spiro atoms. The molecular weight excluding hydrogens is 325 g/mol. The van der Waals surface area contributed by atoms with Crippen LogP contribution in [0, 0.1) is 0 Å². The maximum absolute atomic E-state index is 12.2. The first-order valence-electron chi connectivity index (χ1n) is 7.37. The summed E-state index contributed by atoms with van der Waals surface area (Å²) < 4.78 is 0. The van der Waals surface area contributed by atoms with E-state index in [0.717, 1.165) is 45.0 Å². The third-order valence-corrected chi connectivity index (χ3v) is 4.10. The number of piperazine rings is 1. The van der Waals surface area contributed by atoms with Crippen molar-refractivity contribution in [3.05, 3.63) is 18.3 Å². The fourth-order valence-corrected chi connectivity index (χ4v) is 2.92. The van der Waals surface area contributed by atoms with E-state index in [4.69, 9.17) is 0 Å². The first-order chi connectivity index (χ1) is 9.83. The van der Waals surface area contributed by atoms with Gasteiger partial charge in [0.1, 0.15) is 0 Å². The van der Waals surface area contributed by atoms with E-state index < -0.39 is 0 Å². The number of rotatable bonds is 3. The number of carbonyl (C=O) groups is 1. The molecule has 2 aliphatic heterocycles. The zero-order chi connectivity index (χ0) is 13.8. The minimum Gasteiger partial charge on any atom is -0.352 e. The van der Waals surface area contributed by atoms with Crippen molar-refractivity contribution in [1.82, 2.24) is 20.4 Å². The maximum atomic E-state index is 12.2. The van der Waals surface area contributed by atoms with Crippen molar-refractivity contribution in [3.63, 3.8) is 0 Å². The molecule has 2 saturated heterocycles. The van der Waals surface area contributed by atoms with Gasteiger partial charge in [-0.1, -0.05) is 0 Å². The molecule has 0 aromatic carbocycles. The highest BCUT2D eigenvalue weighted by Gasteiger charge is 2.25. The van der Waals surface area contributed by atoms with E-state index >= 15 is 0 Å². The van der Waals surface area contributed by atoms with E-state index in [1.807, 2.05) is 17.0 Å². The van der Waals surface area contributed by atoms with Gasteiger partial charge in [0, 0.05) is 44.8 Å². The van der Waals surface area contributed by atoms with Gasteiger partial charge < -0.3 is 15.1 Å². The Kier molecular flexibility index (Phi) is 7.85. The van der Waals surface area contributed by atoms with Crippen molar-refractivity contribution in [2.75, 3.05) is 37.6 Å². The Morgan fingerprint density at radius 3 is 2.64 bits per heavy atom. The zero-order valence-corrected chi connectivity index (χ0v) is 14.1. The summed E-state index contributed by atoms with van der Waals surface area (Å²) in [5, 5.41) is 11.4. The van der Waals surface area contributed by atoms with Gasteiger partial charge >= 0.3 is 0 Å². The molecule has 3 heterocycles. The molecule has 1 unspecified atom stereocenters. The lowest BCUT2D eigenvalue weighted by atomic mass is 10.1. The van der Waals surface area contributed by atoms with E-state index in [0.29, 0.717) is 12.5 Å². The van der Waals surface area contributed by atoms with Gasteiger partial charge in [0.05, 0.1) is 0 Å². The Bertz CT molecular complexity index is 448. The second-order valence-electron chi connectivity index (χ2n) is 5.45. The van der Waals surface area contributed by atoms with Crippen molar-refractivity contribution in [3.8, 4) is 0 Å². The van der Waals surface area contributed by atoms with Crippen LogP contribution in [0.25, 0.3) is 0 Å².